The van der Waals surface area contributed by atoms with Gasteiger partial charge in [0.05, 0.1) is 18.3 Å². The highest BCUT2D eigenvalue weighted by atomic mass is 19.1. The van der Waals surface area contributed by atoms with Crippen LogP contribution in [0, 0.1) is 5.82 Å². The van der Waals surface area contributed by atoms with Gasteiger partial charge in [-0.15, -0.1) is 0 Å². The molecule has 0 unspecified atom stereocenters. The molecule has 8 nitrogen and oxygen atoms in total. The molecule has 5 rings (SSSR count). The number of fused-ring (bicyclic) bond motifs is 3. The van der Waals surface area contributed by atoms with Crippen LogP contribution < -0.4 is 5.56 Å². The van der Waals surface area contributed by atoms with Gasteiger partial charge in [-0.05, 0) is 12.5 Å². The van der Waals surface area contributed by atoms with Gasteiger partial charge in [0, 0.05) is 30.7 Å². The van der Waals surface area contributed by atoms with Crippen LogP contribution in [0.4, 0.5) is 4.39 Å². The van der Waals surface area contributed by atoms with E-state index in [0.29, 0.717) is 47.0 Å². The van der Waals surface area contributed by atoms with Gasteiger partial charge in [0.2, 0.25) is 5.78 Å². The highest BCUT2D eigenvalue weighted by Crippen LogP contribution is 2.20. The fraction of sp³-hybridized carbons (Fsp3) is 0.200. The summed E-state index contributed by atoms with van der Waals surface area (Å²) in [4.78, 5) is 25.0. The molecule has 0 saturated carbocycles. The quantitative estimate of drug-likeness (QED) is 0.499. The molecule has 5 aromatic rings. The van der Waals surface area contributed by atoms with E-state index in [1.807, 2.05) is 6.92 Å². The number of nitrogens with one attached hydrogen (secondary N) is 1. The van der Waals surface area contributed by atoms with Gasteiger partial charge in [-0.2, -0.15) is 5.10 Å². The molecule has 0 amide bonds. The number of H-pyrrole nitrogens is 1. The smallest absolute Gasteiger partial charge is 0.280 e. The molecule has 4 heterocycles. The minimum absolute atomic E-state index is 0.155. The molecule has 146 valence electrons. The first-order chi connectivity index (χ1) is 14.2. The number of hydrogen-bond acceptors (Lipinski definition) is 4. The monoisotopic (exact) mass is 391 g/mol. The summed E-state index contributed by atoms with van der Waals surface area (Å²) in [6, 6.07) is 6.60. The van der Waals surface area contributed by atoms with E-state index in [4.69, 9.17) is 0 Å². The van der Waals surface area contributed by atoms with Crippen molar-refractivity contribution >= 4 is 16.9 Å². The number of aryl methyl sites for hydroxylation is 1. The van der Waals surface area contributed by atoms with Gasteiger partial charge in [0.15, 0.2) is 11.2 Å². The Labute approximate surface area is 164 Å². The number of halogens is 1. The zero-order valence-corrected chi connectivity index (χ0v) is 15.7. The number of aromatic amines is 1. The van der Waals surface area contributed by atoms with Crippen LogP contribution in [-0.4, -0.2) is 33.7 Å². The molecule has 0 atom stereocenters. The summed E-state index contributed by atoms with van der Waals surface area (Å²) in [5.41, 5.74) is 2.05. The first-order valence-electron chi connectivity index (χ1n) is 9.37. The first-order valence-corrected chi connectivity index (χ1v) is 9.37. The second kappa shape index (κ2) is 6.69. The van der Waals surface area contributed by atoms with Crippen molar-refractivity contribution in [2.45, 2.75) is 26.4 Å². The number of imidazole rings is 2. The van der Waals surface area contributed by atoms with Gasteiger partial charge in [-0.1, -0.05) is 25.1 Å². The summed E-state index contributed by atoms with van der Waals surface area (Å²) in [5, 5.41) is 4.31. The Bertz CT molecular complexity index is 1390. The molecule has 0 radical (unpaired) electrons. The minimum Gasteiger partial charge on any atom is -0.332 e. The van der Waals surface area contributed by atoms with Crippen molar-refractivity contribution in [3.05, 3.63) is 70.8 Å². The van der Waals surface area contributed by atoms with Crippen molar-refractivity contribution in [2.24, 2.45) is 0 Å². The van der Waals surface area contributed by atoms with E-state index in [0.717, 1.165) is 6.42 Å². The van der Waals surface area contributed by atoms with E-state index in [9.17, 15) is 9.18 Å². The Morgan fingerprint density at radius 3 is 2.93 bits per heavy atom. The maximum absolute atomic E-state index is 13.9. The third-order valence-corrected chi connectivity index (χ3v) is 4.88. The van der Waals surface area contributed by atoms with E-state index >= 15 is 0 Å². The normalized spacial score (nSPS) is 11.7. The second-order valence-electron chi connectivity index (χ2n) is 6.86. The van der Waals surface area contributed by atoms with Crippen molar-refractivity contribution in [1.82, 2.24) is 33.7 Å². The fourth-order valence-corrected chi connectivity index (χ4v) is 3.51. The number of nitrogens with zero attached hydrogens (tertiary/aromatic N) is 6. The summed E-state index contributed by atoms with van der Waals surface area (Å²) < 4.78 is 19.0. The molecule has 4 aromatic heterocycles. The Balaban J connectivity index is 1.58. The van der Waals surface area contributed by atoms with Gasteiger partial charge < -0.3 is 4.98 Å². The molecule has 0 bridgehead atoms. The highest BCUT2D eigenvalue weighted by molar-refractivity contribution is 5.77. The van der Waals surface area contributed by atoms with E-state index in [-0.39, 0.29) is 11.4 Å². The Kier molecular flexibility index (Phi) is 4.01. The van der Waals surface area contributed by atoms with E-state index < -0.39 is 0 Å². The van der Waals surface area contributed by atoms with Crippen LogP contribution in [0.2, 0.25) is 0 Å². The molecule has 0 aliphatic heterocycles. The molecule has 1 N–H and O–H groups in total. The number of hydrogen-bond donors (Lipinski definition) is 1. The standard InChI is InChI=1S/C20H18FN7O/c1-2-8-28-19(29)16-18(27-9-7-22-20(27)28)25-17(24-16)14-10-23-26(12-14)11-13-5-3-4-6-15(13)21/h3-7,9-10,12H,2,8,11H2,1H3,(H,24,25). The number of benzene rings is 1. The van der Waals surface area contributed by atoms with Crippen LogP contribution >= 0.6 is 0 Å². The Morgan fingerprint density at radius 1 is 1.24 bits per heavy atom. The average Bonchev–Trinajstić information content (AvgIpc) is 3.45. The largest absolute Gasteiger partial charge is 0.332 e. The Hall–Kier alpha value is -3.75. The van der Waals surface area contributed by atoms with Gasteiger partial charge in [-0.3, -0.25) is 18.4 Å². The maximum Gasteiger partial charge on any atom is 0.280 e. The van der Waals surface area contributed by atoms with Crippen LogP contribution in [0.15, 0.2) is 53.8 Å². The van der Waals surface area contributed by atoms with Crippen LogP contribution in [0.25, 0.3) is 28.3 Å². The summed E-state index contributed by atoms with van der Waals surface area (Å²) in [6.07, 6.45) is 7.68. The summed E-state index contributed by atoms with van der Waals surface area (Å²) in [6.45, 7) is 2.89. The number of aromatic nitrogens is 7. The van der Waals surface area contributed by atoms with Crippen LogP contribution in [0.5, 0.6) is 0 Å². The van der Waals surface area contributed by atoms with Crippen molar-refractivity contribution < 1.29 is 4.39 Å². The van der Waals surface area contributed by atoms with E-state index in [2.05, 4.69) is 20.1 Å². The molecule has 1 aromatic carbocycles. The highest BCUT2D eigenvalue weighted by Gasteiger charge is 2.17. The van der Waals surface area contributed by atoms with Crippen molar-refractivity contribution in [1.29, 1.82) is 0 Å². The lowest BCUT2D eigenvalue weighted by Crippen LogP contribution is -2.23. The molecule has 0 aliphatic carbocycles. The first kappa shape index (κ1) is 17.4. The zero-order chi connectivity index (χ0) is 20.0. The van der Waals surface area contributed by atoms with Gasteiger partial charge in [-0.25, -0.2) is 14.4 Å². The summed E-state index contributed by atoms with van der Waals surface area (Å²) >= 11 is 0. The average molecular weight is 391 g/mol. The van der Waals surface area contributed by atoms with Crippen LogP contribution in [0.3, 0.4) is 0 Å². The number of rotatable bonds is 5. The van der Waals surface area contributed by atoms with Gasteiger partial charge in [0.1, 0.15) is 11.6 Å². The predicted molar refractivity (Wildman–Crippen MR) is 106 cm³/mol. The lowest BCUT2D eigenvalue weighted by Gasteiger charge is -2.05. The molecule has 0 fully saturated rings. The third-order valence-electron chi connectivity index (χ3n) is 4.88. The van der Waals surface area contributed by atoms with Gasteiger partial charge >= 0.3 is 0 Å². The summed E-state index contributed by atoms with van der Waals surface area (Å²) in [7, 11) is 0. The SMILES string of the molecule is CCCn1c(=O)c2[nH]c(-c3cnn(Cc4ccccc4F)c3)nc2n2ccnc12. The lowest BCUT2D eigenvalue weighted by molar-refractivity contribution is 0.585. The van der Waals surface area contributed by atoms with Crippen LogP contribution in [0.1, 0.15) is 18.9 Å². The predicted octanol–water partition coefficient (Wildman–Crippen LogP) is 2.83. The lowest BCUT2D eigenvalue weighted by atomic mass is 10.2. The van der Waals surface area contributed by atoms with E-state index in [1.165, 1.54) is 6.07 Å². The topological polar surface area (TPSA) is 85.8 Å². The molecule has 0 aliphatic rings. The molecule has 29 heavy (non-hydrogen) atoms. The molecule has 0 spiro atoms. The van der Waals surface area contributed by atoms with Gasteiger partial charge in [0.25, 0.3) is 5.56 Å². The fourth-order valence-electron chi connectivity index (χ4n) is 3.51. The minimum atomic E-state index is -0.271. The van der Waals surface area contributed by atoms with Crippen molar-refractivity contribution in [3.8, 4) is 11.4 Å². The van der Waals surface area contributed by atoms with Crippen LogP contribution in [-0.2, 0) is 13.1 Å². The molecular formula is C20H18FN7O. The molecule has 9 heteroatoms. The molecular weight excluding hydrogens is 373 g/mol. The maximum atomic E-state index is 13.9. The Morgan fingerprint density at radius 2 is 2.10 bits per heavy atom. The summed E-state index contributed by atoms with van der Waals surface area (Å²) in [5.74, 6) is 0.825. The van der Waals surface area contributed by atoms with Crippen molar-refractivity contribution in [2.75, 3.05) is 0 Å². The van der Waals surface area contributed by atoms with E-state index in [1.54, 1.807) is 56.6 Å². The molecule has 0 saturated heterocycles. The second-order valence-corrected chi connectivity index (χ2v) is 6.86. The zero-order valence-electron chi connectivity index (χ0n) is 15.7. The third kappa shape index (κ3) is 2.82. The van der Waals surface area contributed by atoms with Crippen molar-refractivity contribution in [3.63, 3.8) is 0 Å².